The fourth-order valence-electron chi connectivity index (χ4n) is 4.04. The smallest absolute Gasteiger partial charge is 0.322 e. The van der Waals surface area contributed by atoms with Gasteiger partial charge >= 0.3 is 6.03 Å². The molecule has 7 nitrogen and oxygen atoms in total. The summed E-state index contributed by atoms with van der Waals surface area (Å²) in [5.41, 5.74) is 0.970. The first kappa shape index (κ1) is 24.2. The van der Waals surface area contributed by atoms with Crippen LogP contribution < -0.4 is 10.9 Å². The number of amides is 2. The Bertz CT molecular complexity index is 1250. The fourth-order valence-corrected chi connectivity index (χ4v) is 4.22. The second kappa shape index (κ2) is 9.74. The number of aromatic amines is 1. The van der Waals surface area contributed by atoms with Crippen molar-refractivity contribution in [3.05, 3.63) is 75.4 Å². The minimum absolute atomic E-state index is 0.0629. The Kier molecular flexibility index (Phi) is 6.93. The average molecular weight is 488 g/mol. The summed E-state index contributed by atoms with van der Waals surface area (Å²) in [6.45, 7) is 6.79. The molecule has 3 aromatic rings. The Morgan fingerprint density at radius 2 is 1.91 bits per heavy atom. The number of ether oxygens (including phenoxy) is 2. The van der Waals surface area contributed by atoms with Gasteiger partial charge in [-0.1, -0.05) is 29.8 Å². The molecule has 0 spiro atoms. The molecule has 1 aromatic heterocycles. The number of hydrogen-bond donors (Lipinski definition) is 2. The third-order valence-electron chi connectivity index (χ3n) is 5.98. The predicted octanol–water partition coefficient (Wildman–Crippen LogP) is 5.31. The van der Waals surface area contributed by atoms with Crippen molar-refractivity contribution in [3.63, 3.8) is 0 Å². The maximum absolute atomic E-state index is 13.6. The molecule has 0 unspecified atom stereocenters. The molecule has 1 fully saturated rings. The van der Waals surface area contributed by atoms with Crippen LogP contribution in [0.2, 0.25) is 5.02 Å². The van der Waals surface area contributed by atoms with Gasteiger partial charge in [-0.25, -0.2) is 9.18 Å². The van der Waals surface area contributed by atoms with Crippen LogP contribution in [0.1, 0.15) is 32.4 Å². The molecular weight excluding hydrogens is 461 g/mol. The molecule has 2 aromatic carbocycles. The Hall–Kier alpha value is -2.94. The van der Waals surface area contributed by atoms with E-state index in [0.717, 1.165) is 10.9 Å². The van der Waals surface area contributed by atoms with Crippen LogP contribution in [0, 0.1) is 11.7 Å². The number of nitrogens with one attached hydrogen (secondary N) is 2. The number of halogens is 2. The first-order valence-electron chi connectivity index (χ1n) is 11.1. The van der Waals surface area contributed by atoms with Gasteiger partial charge in [0.1, 0.15) is 5.82 Å². The van der Waals surface area contributed by atoms with E-state index < -0.39 is 23.7 Å². The molecule has 1 aliphatic heterocycles. The highest BCUT2D eigenvalue weighted by molar-refractivity contribution is 6.31. The van der Waals surface area contributed by atoms with Gasteiger partial charge in [0.2, 0.25) is 0 Å². The van der Waals surface area contributed by atoms with Crippen LogP contribution in [0.5, 0.6) is 0 Å². The van der Waals surface area contributed by atoms with Gasteiger partial charge in [0, 0.05) is 29.7 Å². The van der Waals surface area contributed by atoms with E-state index in [1.54, 1.807) is 23.2 Å². The quantitative estimate of drug-likeness (QED) is 0.510. The normalized spacial score (nSPS) is 16.9. The second-order valence-electron chi connectivity index (χ2n) is 8.89. The zero-order chi connectivity index (χ0) is 24.5. The lowest BCUT2D eigenvalue weighted by Gasteiger charge is -2.38. The van der Waals surface area contributed by atoms with Crippen LogP contribution in [-0.4, -0.2) is 41.5 Å². The number of pyridine rings is 1. The number of urea groups is 1. The number of nitrogens with zero attached hydrogens (tertiary/aromatic N) is 1. The molecule has 180 valence electrons. The van der Waals surface area contributed by atoms with Gasteiger partial charge in [0.15, 0.2) is 5.79 Å². The lowest BCUT2D eigenvalue weighted by Crippen LogP contribution is -2.47. The number of aromatic nitrogens is 1. The number of H-pyrrole nitrogens is 1. The van der Waals surface area contributed by atoms with Crippen molar-refractivity contribution < 1.29 is 18.7 Å². The highest BCUT2D eigenvalue weighted by Gasteiger charge is 2.32. The molecule has 4 rings (SSSR count). The molecule has 2 heterocycles. The van der Waals surface area contributed by atoms with E-state index >= 15 is 0 Å². The maximum atomic E-state index is 13.6. The fraction of sp³-hybridized carbons (Fsp3) is 0.360. The summed E-state index contributed by atoms with van der Waals surface area (Å²) >= 11 is 5.89. The molecule has 2 amide bonds. The third kappa shape index (κ3) is 5.24. The van der Waals surface area contributed by atoms with E-state index in [-0.39, 0.29) is 16.5 Å². The van der Waals surface area contributed by atoms with E-state index in [4.69, 9.17) is 21.1 Å². The molecule has 0 radical (unpaired) electrons. The Labute approximate surface area is 201 Å². The molecule has 1 atom stereocenters. The lowest BCUT2D eigenvalue weighted by atomic mass is 10.00. The molecule has 9 heteroatoms. The minimum Gasteiger partial charge on any atom is -0.350 e. The predicted molar refractivity (Wildman–Crippen MR) is 130 cm³/mol. The van der Waals surface area contributed by atoms with Gasteiger partial charge in [-0.3, -0.25) is 4.79 Å². The van der Waals surface area contributed by atoms with Crippen LogP contribution in [-0.2, 0) is 9.47 Å². The topological polar surface area (TPSA) is 83.7 Å². The Balaban J connectivity index is 1.65. The van der Waals surface area contributed by atoms with Crippen LogP contribution in [0.25, 0.3) is 10.8 Å². The van der Waals surface area contributed by atoms with Crippen molar-refractivity contribution in [2.75, 3.05) is 25.1 Å². The van der Waals surface area contributed by atoms with Gasteiger partial charge in [-0.15, -0.1) is 0 Å². The monoisotopic (exact) mass is 487 g/mol. The SMILES string of the molecule is C[C@H](c1c[nH]c(=O)c2ccccc12)N(CC1COC(C)(C)OC1)C(=O)Nc1ccc(F)c(Cl)c1. The number of rotatable bonds is 5. The summed E-state index contributed by atoms with van der Waals surface area (Å²) in [6.07, 6.45) is 1.64. The first-order valence-corrected chi connectivity index (χ1v) is 11.4. The first-order chi connectivity index (χ1) is 16.1. The summed E-state index contributed by atoms with van der Waals surface area (Å²) in [7, 11) is 0. The van der Waals surface area contributed by atoms with E-state index in [1.807, 2.05) is 32.9 Å². The van der Waals surface area contributed by atoms with Gasteiger partial charge < -0.3 is 24.7 Å². The van der Waals surface area contributed by atoms with Crippen LogP contribution >= 0.6 is 11.6 Å². The van der Waals surface area contributed by atoms with Crippen molar-refractivity contribution in [2.45, 2.75) is 32.6 Å². The summed E-state index contributed by atoms with van der Waals surface area (Å²) in [5, 5.41) is 4.03. The zero-order valence-corrected chi connectivity index (χ0v) is 20.0. The summed E-state index contributed by atoms with van der Waals surface area (Å²) in [6, 6.07) is 10.5. The summed E-state index contributed by atoms with van der Waals surface area (Å²) in [5.74, 6) is -1.30. The van der Waals surface area contributed by atoms with E-state index in [1.165, 1.54) is 18.2 Å². The highest BCUT2D eigenvalue weighted by Crippen LogP contribution is 2.30. The highest BCUT2D eigenvalue weighted by atomic mass is 35.5. The number of anilines is 1. The van der Waals surface area contributed by atoms with Crippen molar-refractivity contribution in [1.29, 1.82) is 0 Å². The van der Waals surface area contributed by atoms with Gasteiger partial charge in [0.05, 0.1) is 24.3 Å². The Morgan fingerprint density at radius 3 is 2.59 bits per heavy atom. The number of fused-ring (bicyclic) bond motifs is 1. The standard InChI is InChI=1S/C25H27ClFN3O4/c1-15(20-11-28-23(31)19-7-5-4-6-18(19)20)30(12-16-13-33-25(2,3)34-14-16)24(32)29-17-8-9-22(27)21(26)10-17/h4-11,15-16H,12-14H2,1-3H3,(H,28,31)(H,29,32)/t15-/m1/s1. The molecule has 1 aliphatic rings. The molecule has 0 bridgehead atoms. The van der Waals surface area contributed by atoms with Gasteiger partial charge in [-0.2, -0.15) is 0 Å². The molecular formula is C25H27ClFN3O4. The Morgan fingerprint density at radius 1 is 1.24 bits per heavy atom. The number of carbonyl (C=O) groups excluding carboxylic acids is 1. The summed E-state index contributed by atoms with van der Waals surface area (Å²) < 4.78 is 25.2. The number of benzene rings is 2. The van der Waals surface area contributed by atoms with E-state index in [2.05, 4.69) is 10.3 Å². The zero-order valence-electron chi connectivity index (χ0n) is 19.2. The van der Waals surface area contributed by atoms with Gasteiger partial charge in [-0.05, 0) is 56.0 Å². The van der Waals surface area contributed by atoms with Gasteiger partial charge in [0.25, 0.3) is 5.56 Å². The number of hydrogen-bond acceptors (Lipinski definition) is 4. The third-order valence-corrected chi connectivity index (χ3v) is 6.27. The molecule has 2 N–H and O–H groups in total. The molecule has 1 saturated heterocycles. The van der Waals surface area contributed by atoms with Crippen LogP contribution in [0.4, 0.5) is 14.9 Å². The molecule has 0 saturated carbocycles. The summed E-state index contributed by atoms with van der Waals surface area (Å²) in [4.78, 5) is 30.2. The van der Waals surface area contributed by atoms with Crippen molar-refractivity contribution in [2.24, 2.45) is 5.92 Å². The van der Waals surface area contributed by atoms with E-state index in [0.29, 0.717) is 30.8 Å². The largest absolute Gasteiger partial charge is 0.350 e. The van der Waals surface area contributed by atoms with Crippen molar-refractivity contribution in [1.82, 2.24) is 9.88 Å². The average Bonchev–Trinajstić information content (AvgIpc) is 2.81. The maximum Gasteiger partial charge on any atom is 0.322 e. The minimum atomic E-state index is -0.671. The van der Waals surface area contributed by atoms with Crippen molar-refractivity contribution >= 4 is 34.1 Å². The molecule has 0 aliphatic carbocycles. The van der Waals surface area contributed by atoms with E-state index in [9.17, 15) is 14.0 Å². The van der Waals surface area contributed by atoms with Crippen LogP contribution in [0.15, 0.2) is 53.5 Å². The lowest BCUT2D eigenvalue weighted by molar-refractivity contribution is -0.263. The number of carbonyl (C=O) groups is 1. The van der Waals surface area contributed by atoms with Crippen LogP contribution in [0.3, 0.4) is 0 Å². The second-order valence-corrected chi connectivity index (χ2v) is 9.30. The van der Waals surface area contributed by atoms with Crippen molar-refractivity contribution in [3.8, 4) is 0 Å². The molecule has 34 heavy (non-hydrogen) atoms.